The fourth-order valence-corrected chi connectivity index (χ4v) is 3.06. The summed E-state index contributed by atoms with van der Waals surface area (Å²) in [4.78, 5) is 3.93. The molecule has 0 aromatic carbocycles. The molecule has 0 atom stereocenters. The first-order valence-corrected chi connectivity index (χ1v) is 7.66. The summed E-state index contributed by atoms with van der Waals surface area (Å²) in [7, 11) is -3.35. The van der Waals surface area contributed by atoms with Gasteiger partial charge in [-0.05, 0) is 34.3 Å². The highest BCUT2D eigenvalue weighted by molar-refractivity contribution is 9.10. The molecular formula is C10H16BrN3O2S. The third-order valence-electron chi connectivity index (χ3n) is 2.08. The summed E-state index contributed by atoms with van der Waals surface area (Å²) >= 11 is 3.21. The molecule has 0 unspecified atom stereocenters. The van der Waals surface area contributed by atoms with Crippen LogP contribution in [-0.2, 0) is 10.0 Å². The number of sulfonamides is 1. The van der Waals surface area contributed by atoms with E-state index in [-0.39, 0.29) is 11.6 Å². The second kappa shape index (κ2) is 5.68. The number of nitrogen functional groups attached to an aromatic ring is 1. The van der Waals surface area contributed by atoms with Crippen molar-refractivity contribution < 1.29 is 8.42 Å². The van der Waals surface area contributed by atoms with Crippen molar-refractivity contribution in [2.45, 2.75) is 20.3 Å². The molecule has 0 bridgehead atoms. The Balaban J connectivity index is 2.76. The van der Waals surface area contributed by atoms with Gasteiger partial charge >= 0.3 is 0 Å². The van der Waals surface area contributed by atoms with Crippen molar-refractivity contribution in [3.8, 4) is 0 Å². The molecule has 0 radical (unpaired) electrons. The van der Waals surface area contributed by atoms with Crippen molar-refractivity contribution in [2.24, 2.45) is 5.92 Å². The third-order valence-corrected chi connectivity index (χ3v) is 3.96. The minimum Gasteiger partial charge on any atom is -0.397 e. The van der Waals surface area contributed by atoms with E-state index in [1.807, 2.05) is 13.8 Å². The topological polar surface area (TPSA) is 85.1 Å². The highest BCUT2D eigenvalue weighted by Crippen LogP contribution is 2.22. The van der Waals surface area contributed by atoms with Gasteiger partial charge in [0.25, 0.3) is 0 Å². The Hall–Kier alpha value is -0.820. The molecule has 0 aliphatic rings. The van der Waals surface area contributed by atoms with Crippen LogP contribution in [0.15, 0.2) is 16.7 Å². The van der Waals surface area contributed by atoms with Crippen molar-refractivity contribution in [1.29, 1.82) is 0 Å². The van der Waals surface area contributed by atoms with E-state index < -0.39 is 10.0 Å². The molecular weight excluding hydrogens is 306 g/mol. The van der Waals surface area contributed by atoms with E-state index in [1.165, 1.54) is 6.20 Å². The first-order valence-electron chi connectivity index (χ1n) is 5.21. The number of halogens is 1. The highest BCUT2D eigenvalue weighted by Gasteiger charge is 2.14. The Morgan fingerprint density at radius 3 is 2.71 bits per heavy atom. The first kappa shape index (κ1) is 14.2. The van der Waals surface area contributed by atoms with Crippen LogP contribution in [-0.4, -0.2) is 19.2 Å². The summed E-state index contributed by atoms with van der Waals surface area (Å²) in [6.45, 7) is 3.96. The molecule has 0 saturated heterocycles. The minimum absolute atomic E-state index is 0.0865. The van der Waals surface area contributed by atoms with Gasteiger partial charge in [-0.2, -0.15) is 0 Å². The van der Waals surface area contributed by atoms with Gasteiger partial charge in [0.15, 0.2) is 5.82 Å². The van der Waals surface area contributed by atoms with Crippen LogP contribution < -0.4 is 10.5 Å². The van der Waals surface area contributed by atoms with Gasteiger partial charge in [-0.25, -0.2) is 13.4 Å². The van der Waals surface area contributed by atoms with E-state index in [0.717, 1.165) is 0 Å². The zero-order chi connectivity index (χ0) is 13.1. The number of hydrogen-bond acceptors (Lipinski definition) is 4. The van der Waals surface area contributed by atoms with Crippen molar-refractivity contribution >= 4 is 37.5 Å². The molecule has 1 heterocycles. The van der Waals surface area contributed by atoms with E-state index >= 15 is 0 Å². The third kappa shape index (κ3) is 4.91. The molecule has 0 amide bonds. The van der Waals surface area contributed by atoms with Crippen molar-refractivity contribution in [3.05, 3.63) is 16.7 Å². The maximum atomic E-state index is 11.7. The van der Waals surface area contributed by atoms with Crippen LogP contribution in [0.5, 0.6) is 0 Å². The molecule has 1 aromatic rings. The Morgan fingerprint density at radius 1 is 1.53 bits per heavy atom. The predicted molar refractivity (Wildman–Crippen MR) is 73.2 cm³/mol. The number of pyridine rings is 1. The van der Waals surface area contributed by atoms with Crippen molar-refractivity contribution in [2.75, 3.05) is 16.2 Å². The summed E-state index contributed by atoms with van der Waals surface area (Å²) in [5.74, 6) is 0.695. The van der Waals surface area contributed by atoms with Crippen LogP contribution in [0.4, 0.5) is 11.5 Å². The zero-order valence-corrected chi connectivity index (χ0v) is 12.2. The average Bonchev–Trinajstić information content (AvgIpc) is 2.20. The number of hydrogen-bond donors (Lipinski definition) is 2. The van der Waals surface area contributed by atoms with Gasteiger partial charge < -0.3 is 5.73 Å². The smallest absolute Gasteiger partial charge is 0.233 e. The van der Waals surface area contributed by atoms with Crippen LogP contribution in [0.3, 0.4) is 0 Å². The summed E-state index contributed by atoms with van der Waals surface area (Å²) in [5.41, 5.74) is 5.99. The molecule has 5 nitrogen and oxygen atoms in total. The summed E-state index contributed by atoms with van der Waals surface area (Å²) in [5, 5.41) is 0. The second-order valence-electron chi connectivity index (χ2n) is 4.20. The van der Waals surface area contributed by atoms with Crippen LogP contribution in [0.2, 0.25) is 0 Å². The van der Waals surface area contributed by atoms with E-state index in [1.54, 1.807) is 6.07 Å². The van der Waals surface area contributed by atoms with E-state index in [0.29, 0.717) is 22.5 Å². The Bertz CT molecular complexity index is 488. The van der Waals surface area contributed by atoms with Crippen LogP contribution >= 0.6 is 15.9 Å². The number of nitrogens with zero attached hydrogens (tertiary/aromatic N) is 1. The van der Waals surface area contributed by atoms with Gasteiger partial charge in [-0.1, -0.05) is 13.8 Å². The molecule has 17 heavy (non-hydrogen) atoms. The monoisotopic (exact) mass is 321 g/mol. The van der Waals surface area contributed by atoms with Gasteiger partial charge in [0, 0.05) is 0 Å². The van der Waals surface area contributed by atoms with Gasteiger partial charge in [0.1, 0.15) is 0 Å². The van der Waals surface area contributed by atoms with Gasteiger partial charge in [-0.15, -0.1) is 0 Å². The molecule has 1 aromatic heterocycles. The first-order chi connectivity index (χ1) is 7.80. The number of anilines is 2. The van der Waals surface area contributed by atoms with Gasteiger partial charge in [0.2, 0.25) is 10.0 Å². The number of aromatic nitrogens is 1. The summed E-state index contributed by atoms with van der Waals surface area (Å²) in [6, 6.07) is 1.60. The predicted octanol–water partition coefficient (Wildman–Crippen LogP) is 2.21. The summed E-state index contributed by atoms with van der Waals surface area (Å²) < 4.78 is 26.4. The lowest BCUT2D eigenvalue weighted by molar-refractivity contribution is 0.577. The molecule has 3 N–H and O–H groups in total. The lowest BCUT2D eigenvalue weighted by atomic mass is 10.2. The van der Waals surface area contributed by atoms with Crippen molar-refractivity contribution in [3.63, 3.8) is 0 Å². The SMILES string of the molecule is CC(C)CCS(=O)(=O)Nc1ncc(N)cc1Br. The molecule has 0 saturated carbocycles. The zero-order valence-electron chi connectivity index (χ0n) is 9.77. The van der Waals surface area contributed by atoms with Gasteiger partial charge in [-0.3, -0.25) is 4.72 Å². The Kier molecular flexibility index (Phi) is 4.76. The molecule has 1 rings (SSSR count). The molecule has 0 spiro atoms. The fourth-order valence-electron chi connectivity index (χ4n) is 1.12. The number of nitrogens with two attached hydrogens (primary N) is 1. The molecule has 0 aliphatic heterocycles. The standard InChI is InChI=1S/C10H16BrN3O2S/c1-7(2)3-4-17(15,16)14-10-9(11)5-8(12)6-13-10/h5-7H,3-4,12H2,1-2H3,(H,13,14). The van der Waals surface area contributed by atoms with E-state index in [4.69, 9.17) is 5.73 Å². The largest absolute Gasteiger partial charge is 0.397 e. The highest BCUT2D eigenvalue weighted by atomic mass is 79.9. The molecule has 0 fully saturated rings. The van der Waals surface area contributed by atoms with Crippen LogP contribution in [0.25, 0.3) is 0 Å². The Morgan fingerprint density at radius 2 is 2.18 bits per heavy atom. The molecule has 7 heteroatoms. The summed E-state index contributed by atoms with van der Waals surface area (Å²) in [6.07, 6.45) is 2.02. The quantitative estimate of drug-likeness (QED) is 0.870. The van der Waals surface area contributed by atoms with E-state index in [9.17, 15) is 8.42 Å². The minimum atomic E-state index is -3.35. The number of nitrogens with one attached hydrogen (secondary N) is 1. The Labute approximate surface area is 110 Å². The number of rotatable bonds is 5. The van der Waals surface area contributed by atoms with Crippen LogP contribution in [0.1, 0.15) is 20.3 Å². The molecule has 0 aliphatic carbocycles. The second-order valence-corrected chi connectivity index (χ2v) is 6.90. The van der Waals surface area contributed by atoms with Crippen molar-refractivity contribution in [1.82, 2.24) is 4.98 Å². The fraction of sp³-hybridized carbons (Fsp3) is 0.500. The lowest BCUT2D eigenvalue weighted by Crippen LogP contribution is -2.19. The van der Waals surface area contributed by atoms with E-state index in [2.05, 4.69) is 25.6 Å². The lowest BCUT2D eigenvalue weighted by Gasteiger charge is -2.10. The van der Waals surface area contributed by atoms with Crippen LogP contribution in [0, 0.1) is 5.92 Å². The normalized spacial score (nSPS) is 11.8. The van der Waals surface area contributed by atoms with Gasteiger partial charge in [0.05, 0.1) is 22.1 Å². The molecule has 96 valence electrons. The maximum absolute atomic E-state index is 11.7. The average molecular weight is 322 g/mol. The maximum Gasteiger partial charge on any atom is 0.233 e.